The molecule has 2 N–H and O–H groups in total. The first-order valence-corrected chi connectivity index (χ1v) is 7.62. The molecule has 1 aliphatic heterocycles. The summed E-state index contributed by atoms with van der Waals surface area (Å²) in [6, 6.07) is 3.92. The van der Waals surface area contributed by atoms with Crippen molar-refractivity contribution < 1.29 is 14.0 Å². The molecule has 114 valence electrons. The number of aryl methyl sites for hydroxylation is 1. The van der Waals surface area contributed by atoms with E-state index in [1.165, 1.54) is 0 Å². The maximum atomic E-state index is 6.13. The molecule has 1 saturated carbocycles. The Hall–Kier alpha value is -1.20. The molecule has 1 aromatic rings. The highest BCUT2D eigenvalue weighted by Gasteiger charge is 2.52. The number of nitrogen functional groups attached to an aromatic ring is 1. The summed E-state index contributed by atoms with van der Waals surface area (Å²) in [6.07, 6.45) is 2.54. The summed E-state index contributed by atoms with van der Waals surface area (Å²) in [6.45, 7) is 10.3. The van der Waals surface area contributed by atoms with Gasteiger partial charge in [-0.25, -0.2) is 0 Å². The standard InChI is InChI=1S/C16H24BNO3/c1-10-8-13(18)14(19-11-6-7-11)9-12(10)17-20-15(2,3)16(4,5)21-17/h8-9,11H,6-7,18H2,1-5H3. The molecule has 0 unspecified atom stereocenters. The van der Waals surface area contributed by atoms with Crippen LogP contribution in [0.1, 0.15) is 46.1 Å². The van der Waals surface area contributed by atoms with Crippen molar-refractivity contribution in [2.75, 3.05) is 5.73 Å². The average molecular weight is 289 g/mol. The van der Waals surface area contributed by atoms with Gasteiger partial charge < -0.3 is 19.8 Å². The molecule has 1 saturated heterocycles. The van der Waals surface area contributed by atoms with Crippen LogP contribution in [-0.2, 0) is 9.31 Å². The first kappa shape index (κ1) is 14.7. The number of nitrogens with two attached hydrogens (primary N) is 1. The predicted molar refractivity (Wildman–Crippen MR) is 85.0 cm³/mol. The largest absolute Gasteiger partial charge is 0.495 e. The lowest BCUT2D eigenvalue weighted by Crippen LogP contribution is -2.41. The molecule has 5 heteroatoms. The van der Waals surface area contributed by atoms with Crippen molar-refractivity contribution in [2.24, 2.45) is 0 Å². The predicted octanol–water partition coefficient (Wildman–Crippen LogP) is 2.42. The van der Waals surface area contributed by atoms with E-state index < -0.39 is 0 Å². The molecule has 0 amide bonds. The highest BCUT2D eigenvalue weighted by atomic mass is 16.7. The number of ether oxygens (including phenoxy) is 1. The smallest absolute Gasteiger partial charge is 0.488 e. The van der Waals surface area contributed by atoms with Crippen molar-refractivity contribution in [3.05, 3.63) is 17.7 Å². The molecule has 1 aliphatic carbocycles. The Morgan fingerprint density at radius 1 is 1.14 bits per heavy atom. The Bertz CT molecular complexity index is 551. The van der Waals surface area contributed by atoms with Crippen molar-refractivity contribution in [3.8, 4) is 5.75 Å². The van der Waals surface area contributed by atoms with Crippen LogP contribution in [0.15, 0.2) is 12.1 Å². The Morgan fingerprint density at radius 3 is 2.24 bits per heavy atom. The maximum Gasteiger partial charge on any atom is 0.495 e. The van der Waals surface area contributed by atoms with Crippen molar-refractivity contribution in [1.82, 2.24) is 0 Å². The van der Waals surface area contributed by atoms with Gasteiger partial charge in [0, 0.05) is 0 Å². The quantitative estimate of drug-likeness (QED) is 0.686. The van der Waals surface area contributed by atoms with Crippen LogP contribution < -0.4 is 15.9 Å². The summed E-state index contributed by atoms with van der Waals surface area (Å²) in [7, 11) is -0.378. The zero-order valence-corrected chi connectivity index (χ0v) is 13.5. The molecule has 2 aliphatic rings. The van der Waals surface area contributed by atoms with Gasteiger partial charge in [0.25, 0.3) is 0 Å². The topological polar surface area (TPSA) is 53.7 Å². The molecule has 0 radical (unpaired) electrons. The minimum Gasteiger partial charge on any atom is -0.488 e. The zero-order chi connectivity index (χ0) is 15.4. The molecule has 0 bridgehead atoms. The van der Waals surface area contributed by atoms with Gasteiger partial charge in [-0.2, -0.15) is 0 Å². The van der Waals surface area contributed by atoms with E-state index in [4.69, 9.17) is 19.8 Å². The number of rotatable bonds is 3. The number of hydrogen-bond acceptors (Lipinski definition) is 4. The minimum atomic E-state index is -0.378. The van der Waals surface area contributed by atoms with Gasteiger partial charge in [-0.15, -0.1) is 0 Å². The lowest BCUT2D eigenvalue weighted by molar-refractivity contribution is 0.00578. The van der Waals surface area contributed by atoms with Crippen LogP contribution in [0.3, 0.4) is 0 Å². The average Bonchev–Trinajstić information content (AvgIpc) is 3.11. The van der Waals surface area contributed by atoms with Gasteiger partial charge >= 0.3 is 7.12 Å². The van der Waals surface area contributed by atoms with Crippen LogP contribution >= 0.6 is 0 Å². The summed E-state index contributed by atoms with van der Waals surface area (Å²) in [4.78, 5) is 0. The molecule has 2 fully saturated rings. The fourth-order valence-electron chi connectivity index (χ4n) is 2.42. The second-order valence-corrected chi connectivity index (χ2v) is 7.15. The highest BCUT2D eigenvalue weighted by molar-refractivity contribution is 6.62. The monoisotopic (exact) mass is 289 g/mol. The summed E-state index contributed by atoms with van der Waals surface area (Å²) < 4.78 is 18.1. The lowest BCUT2D eigenvalue weighted by atomic mass is 9.76. The fraction of sp³-hybridized carbons (Fsp3) is 0.625. The zero-order valence-electron chi connectivity index (χ0n) is 13.5. The van der Waals surface area contributed by atoms with E-state index in [0.29, 0.717) is 11.8 Å². The lowest BCUT2D eigenvalue weighted by Gasteiger charge is -2.32. The van der Waals surface area contributed by atoms with E-state index in [0.717, 1.165) is 29.6 Å². The summed E-state index contributed by atoms with van der Waals surface area (Å²) in [5, 5.41) is 0. The molecule has 1 aromatic carbocycles. The summed E-state index contributed by atoms with van der Waals surface area (Å²) in [5.74, 6) is 0.743. The molecule has 0 spiro atoms. The Labute approximate surface area is 127 Å². The van der Waals surface area contributed by atoms with Crippen molar-refractivity contribution in [1.29, 1.82) is 0 Å². The van der Waals surface area contributed by atoms with Gasteiger partial charge in [-0.05, 0) is 70.6 Å². The third-order valence-corrected chi connectivity index (χ3v) is 4.72. The second kappa shape index (κ2) is 4.65. The Balaban J connectivity index is 1.91. The van der Waals surface area contributed by atoms with Crippen molar-refractivity contribution in [2.45, 2.75) is 64.8 Å². The van der Waals surface area contributed by atoms with Crippen LogP contribution in [0, 0.1) is 6.92 Å². The van der Waals surface area contributed by atoms with Crippen LogP contribution in [0.4, 0.5) is 5.69 Å². The first-order chi connectivity index (χ1) is 9.69. The van der Waals surface area contributed by atoms with E-state index in [2.05, 4.69) is 27.7 Å². The molecule has 0 atom stereocenters. The SMILES string of the molecule is Cc1cc(N)c(OC2CC2)cc1B1OC(C)(C)C(C)(C)O1. The number of anilines is 1. The van der Waals surface area contributed by atoms with Crippen LogP contribution in [0.25, 0.3) is 0 Å². The molecule has 0 aromatic heterocycles. The number of hydrogen-bond donors (Lipinski definition) is 1. The van der Waals surface area contributed by atoms with Gasteiger partial charge in [-0.1, -0.05) is 0 Å². The van der Waals surface area contributed by atoms with E-state index in [1.807, 2.05) is 19.1 Å². The molecular formula is C16H24BNO3. The second-order valence-electron chi connectivity index (χ2n) is 7.15. The van der Waals surface area contributed by atoms with E-state index in [9.17, 15) is 0 Å². The van der Waals surface area contributed by atoms with Gasteiger partial charge in [0.15, 0.2) is 0 Å². The van der Waals surface area contributed by atoms with Crippen LogP contribution in [-0.4, -0.2) is 24.4 Å². The van der Waals surface area contributed by atoms with Crippen molar-refractivity contribution >= 4 is 18.3 Å². The fourth-order valence-corrected chi connectivity index (χ4v) is 2.42. The Morgan fingerprint density at radius 2 is 1.71 bits per heavy atom. The van der Waals surface area contributed by atoms with E-state index >= 15 is 0 Å². The maximum absolute atomic E-state index is 6.13. The normalized spacial score (nSPS) is 23.4. The molecule has 1 heterocycles. The van der Waals surface area contributed by atoms with E-state index in [-0.39, 0.29) is 18.3 Å². The highest BCUT2D eigenvalue weighted by Crippen LogP contribution is 2.37. The Kier molecular flexibility index (Phi) is 3.26. The molecular weight excluding hydrogens is 265 g/mol. The molecule has 21 heavy (non-hydrogen) atoms. The van der Waals surface area contributed by atoms with Gasteiger partial charge in [0.1, 0.15) is 5.75 Å². The van der Waals surface area contributed by atoms with Crippen LogP contribution in [0.5, 0.6) is 5.75 Å². The minimum absolute atomic E-state index is 0.321. The molecule has 4 nitrogen and oxygen atoms in total. The first-order valence-electron chi connectivity index (χ1n) is 7.62. The van der Waals surface area contributed by atoms with Gasteiger partial charge in [0.05, 0.1) is 23.0 Å². The van der Waals surface area contributed by atoms with Crippen LogP contribution in [0.2, 0.25) is 0 Å². The van der Waals surface area contributed by atoms with Gasteiger partial charge in [0.2, 0.25) is 0 Å². The summed E-state index contributed by atoms with van der Waals surface area (Å²) in [5.41, 5.74) is 8.12. The van der Waals surface area contributed by atoms with Gasteiger partial charge in [-0.3, -0.25) is 0 Å². The third-order valence-electron chi connectivity index (χ3n) is 4.72. The third kappa shape index (κ3) is 2.65. The number of benzene rings is 1. The summed E-state index contributed by atoms with van der Waals surface area (Å²) >= 11 is 0. The van der Waals surface area contributed by atoms with Crippen molar-refractivity contribution in [3.63, 3.8) is 0 Å². The molecule has 3 rings (SSSR count). The van der Waals surface area contributed by atoms with E-state index in [1.54, 1.807) is 0 Å².